The minimum atomic E-state index is -0.665. The van der Waals surface area contributed by atoms with E-state index in [0.29, 0.717) is 5.75 Å². The molecule has 0 aliphatic carbocycles. The minimum Gasteiger partial charge on any atom is -0.409 e. The number of hydrogen-bond donors (Lipinski definition) is 4. The van der Waals surface area contributed by atoms with Gasteiger partial charge in [-0.3, -0.25) is 0 Å². The first kappa shape index (κ1) is 14.5. The summed E-state index contributed by atoms with van der Waals surface area (Å²) in [5.41, 5.74) is 5.18. The van der Waals surface area contributed by atoms with Crippen LogP contribution in [0, 0.1) is 5.41 Å². The second-order valence-electron chi connectivity index (χ2n) is 4.03. The minimum absolute atomic E-state index is 0.212. The van der Waals surface area contributed by atoms with Gasteiger partial charge in [0.15, 0.2) is 0 Å². The number of rotatable bonds is 7. The molecular formula is C9H20N2O3S. The average Bonchev–Trinajstić information content (AvgIpc) is 2.22. The van der Waals surface area contributed by atoms with Gasteiger partial charge in [-0.05, 0) is 12.2 Å². The van der Waals surface area contributed by atoms with Gasteiger partial charge >= 0.3 is 0 Å². The lowest BCUT2D eigenvalue weighted by Gasteiger charge is -2.22. The van der Waals surface area contributed by atoms with E-state index in [4.69, 9.17) is 21.2 Å². The Bertz CT molecular complexity index is 210. The van der Waals surface area contributed by atoms with Crippen LogP contribution >= 0.6 is 11.8 Å². The van der Waals surface area contributed by atoms with Crippen molar-refractivity contribution in [2.45, 2.75) is 26.4 Å². The van der Waals surface area contributed by atoms with E-state index in [-0.39, 0.29) is 17.9 Å². The second kappa shape index (κ2) is 6.92. The van der Waals surface area contributed by atoms with Crippen LogP contribution in [0.2, 0.25) is 0 Å². The number of nitrogens with zero attached hydrogens (tertiary/aromatic N) is 1. The van der Waals surface area contributed by atoms with Crippen molar-refractivity contribution < 1.29 is 15.4 Å². The summed E-state index contributed by atoms with van der Waals surface area (Å²) in [6.07, 6.45) is 0.0908. The van der Waals surface area contributed by atoms with Crippen molar-refractivity contribution in [3.05, 3.63) is 0 Å². The number of hydrogen-bond acceptors (Lipinski definition) is 5. The molecule has 0 fully saturated rings. The molecule has 1 unspecified atom stereocenters. The summed E-state index contributed by atoms with van der Waals surface area (Å²) in [5, 5.41) is 29.2. The van der Waals surface area contributed by atoms with Crippen molar-refractivity contribution >= 4 is 17.6 Å². The first-order valence-electron chi connectivity index (χ1n) is 4.78. The fraction of sp³-hybridized carbons (Fsp3) is 0.889. The van der Waals surface area contributed by atoms with E-state index >= 15 is 0 Å². The standard InChI is InChI=1S/C9H20N2O3S/c1-9(2,8(10)11-14)3-4-15-6-7(13)5-12/h7,12-14H,3-6H2,1-2H3,(H2,10,11). The molecule has 0 radical (unpaired) electrons. The molecule has 0 aromatic heterocycles. The van der Waals surface area contributed by atoms with Gasteiger partial charge < -0.3 is 21.2 Å². The third-order valence-corrected chi connectivity index (χ3v) is 3.31. The summed E-state index contributed by atoms with van der Waals surface area (Å²) < 4.78 is 0. The van der Waals surface area contributed by atoms with Gasteiger partial charge in [-0.2, -0.15) is 11.8 Å². The number of nitrogens with two attached hydrogens (primary N) is 1. The Labute approximate surface area is 94.4 Å². The Morgan fingerprint density at radius 2 is 2.13 bits per heavy atom. The van der Waals surface area contributed by atoms with Gasteiger partial charge in [0.1, 0.15) is 5.84 Å². The summed E-state index contributed by atoms with van der Waals surface area (Å²) in [4.78, 5) is 0. The van der Waals surface area contributed by atoms with Crippen molar-refractivity contribution in [2.24, 2.45) is 16.3 Å². The van der Waals surface area contributed by atoms with E-state index in [1.165, 1.54) is 11.8 Å². The van der Waals surface area contributed by atoms with Crippen LogP contribution in [0.3, 0.4) is 0 Å². The van der Waals surface area contributed by atoms with Gasteiger partial charge in [-0.1, -0.05) is 19.0 Å². The Balaban J connectivity index is 3.76. The molecule has 0 aromatic carbocycles. The second-order valence-corrected chi connectivity index (χ2v) is 5.18. The summed E-state index contributed by atoms with van der Waals surface area (Å²) >= 11 is 1.54. The highest BCUT2D eigenvalue weighted by atomic mass is 32.2. The summed E-state index contributed by atoms with van der Waals surface area (Å²) in [7, 11) is 0. The average molecular weight is 236 g/mol. The fourth-order valence-corrected chi connectivity index (χ4v) is 2.06. The summed E-state index contributed by atoms with van der Waals surface area (Å²) in [6, 6.07) is 0. The van der Waals surface area contributed by atoms with Crippen LogP contribution in [0.25, 0.3) is 0 Å². The van der Waals surface area contributed by atoms with Crippen molar-refractivity contribution in [3.8, 4) is 0 Å². The molecule has 5 N–H and O–H groups in total. The van der Waals surface area contributed by atoms with Crippen molar-refractivity contribution in [1.29, 1.82) is 0 Å². The molecule has 0 amide bonds. The Morgan fingerprint density at radius 1 is 1.53 bits per heavy atom. The molecule has 0 spiro atoms. The molecule has 0 aliphatic heterocycles. The number of aliphatic hydroxyl groups is 2. The molecule has 15 heavy (non-hydrogen) atoms. The van der Waals surface area contributed by atoms with E-state index in [1.807, 2.05) is 13.8 Å². The molecule has 0 heterocycles. The van der Waals surface area contributed by atoms with E-state index in [0.717, 1.165) is 12.2 Å². The molecule has 5 nitrogen and oxygen atoms in total. The van der Waals surface area contributed by atoms with Crippen LogP contribution < -0.4 is 5.73 Å². The third kappa shape index (κ3) is 5.86. The van der Waals surface area contributed by atoms with Crippen LogP contribution in [-0.4, -0.2) is 45.5 Å². The zero-order valence-corrected chi connectivity index (χ0v) is 10.00. The molecule has 6 heteroatoms. The number of amidine groups is 1. The number of oxime groups is 1. The van der Waals surface area contributed by atoms with Crippen molar-refractivity contribution in [3.63, 3.8) is 0 Å². The van der Waals surface area contributed by atoms with Gasteiger partial charge in [0.05, 0.1) is 12.7 Å². The van der Waals surface area contributed by atoms with Crippen LogP contribution in [0.15, 0.2) is 5.16 Å². The molecule has 0 rings (SSSR count). The monoisotopic (exact) mass is 236 g/mol. The highest BCUT2D eigenvalue weighted by Crippen LogP contribution is 2.23. The van der Waals surface area contributed by atoms with Gasteiger partial charge in [-0.15, -0.1) is 0 Å². The van der Waals surface area contributed by atoms with Crippen LogP contribution in [-0.2, 0) is 0 Å². The van der Waals surface area contributed by atoms with Gasteiger partial charge in [-0.25, -0.2) is 0 Å². The lowest BCUT2D eigenvalue weighted by Crippen LogP contribution is -2.32. The molecule has 0 saturated heterocycles. The Morgan fingerprint density at radius 3 is 2.60 bits per heavy atom. The van der Waals surface area contributed by atoms with E-state index in [1.54, 1.807) is 0 Å². The first-order chi connectivity index (χ1) is 6.94. The molecular weight excluding hydrogens is 216 g/mol. The van der Waals surface area contributed by atoms with Crippen molar-refractivity contribution in [2.75, 3.05) is 18.1 Å². The predicted octanol–water partition coefficient (Wildman–Crippen LogP) is 0.236. The smallest absolute Gasteiger partial charge is 0.144 e. The third-order valence-electron chi connectivity index (χ3n) is 2.19. The lowest BCUT2D eigenvalue weighted by atomic mass is 9.89. The van der Waals surface area contributed by atoms with E-state index in [2.05, 4.69) is 5.16 Å². The molecule has 1 atom stereocenters. The molecule has 0 saturated carbocycles. The Hall–Kier alpha value is -0.460. The maximum atomic E-state index is 9.08. The molecule has 90 valence electrons. The Kier molecular flexibility index (Phi) is 6.71. The molecule has 0 bridgehead atoms. The zero-order valence-electron chi connectivity index (χ0n) is 9.18. The topological polar surface area (TPSA) is 99.1 Å². The van der Waals surface area contributed by atoms with Crippen LogP contribution in [0.5, 0.6) is 0 Å². The number of thioether (sulfide) groups is 1. The SMILES string of the molecule is CC(C)(CCSCC(O)CO)C(N)=NO. The highest BCUT2D eigenvalue weighted by Gasteiger charge is 2.23. The number of aliphatic hydroxyl groups excluding tert-OH is 2. The quantitative estimate of drug-likeness (QED) is 0.167. The fourth-order valence-electron chi connectivity index (χ4n) is 0.863. The first-order valence-corrected chi connectivity index (χ1v) is 5.94. The largest absolute Gasteiger partial charge is 0.409 e. The zero-order chi connectivity index (χ0) is 11.9. The van der Waals surface area contributed by atoms with E-state index < -0.39 is 6.10 Å². The molecule has 0 aliphatic rings. The van der Waals surface area contributed by atoms with Crippen LogP contribution in [0.4, 0.5) is 0 Å². The van der Waals surface area contributed by atoms with Gasteiger partial charge in [0, 0.05) is 11.2 Å². The predicted molar refractivity (Wildman–Crippen MR) is 62.2 cm³/mol. The summed E-state index contributed by atoms with van der Waals surface area (Å²) in [6.45, 7) is 3.58. The van der Waals surface area contributed by atoms with Crippen LogP contribution in [0.1, 0.15) is 20.3 Å². The maximum Gasteiger partial charge on any atom is 0.144 e. The maximum absolute atomic E-state index is 9.08. The summed E-state index contributed by atoms with van der Waals surface area (Å²) in [5.74, 6) is 1.51. The highest BCUT2D eigenvalue weighted by molar-refractivity contribution is 7.99. The lowest BCUT2D eigenvalue weighted by molar-refractivity contribution is 0.113. The molecule has 0 aromatic rings. The van der Waals surface area contributed by atoms with E-state index in [9.17, 15) is 0 Å². The van der Waals surface area contributed by atoms with Gasteiger partial charge in [0.25, 0.3) is 0 Å². The normalized spacial score (nSPS) is 15.3. The van der Waals surface area contributed by atoms with Gasteiger partial charge in [0.2, 0.25) is 0 Å². The van der Waals surface area contributed by atoms with Crippen molar-refractivity contribution in [1.82, 2.24) is 0 Å².